The Morgan fingerprint density at radius 3 is 1.58 bits per heavy atom. The van der Waals surface area contributed by atoms with Crippen molar-refractivity contribution in [3.63, 3.8) is 0 Å². The van der Waals surface area contributed by atoms with Crippen molar-refractivity contribution < 1.29 is 19.1 Å². The van der Waals surface area contributed by atoms with Gasteiger partial charge >= 0.3 is 11.9 Å². The summed E-state index contributed by atoms with van der Waals surface area (Å²) in [5, 5.41) is 0. The number of rotatable bonds is 22. The van der Waals surface area contributed by atoms with E-state index in [9.17, 15) is 9.59 Å². The van der Waals surface area contributed by atoms with E-state index in [4.69, 9.17) is 9.47 Å². The molecule has 0 aliphatic rings. The minimum atomic E-state index is -0.0323. The van der Waals surface area contributed by atoms with Crippen LogP contribution in [0.15, 0.2) is 0 Å². The molecule has 0 aliphatic heterocycles. The Bertz CT molecular complexity index is 472. The van der Waals surface area contributed by atoms with E-state index in [0.29, 0.717) is 37.4 Å². The lowest BCUT2D eigenvalue weighted by Gasteiger charge is -2.24. The van der Waals surface area contributed by atoms with Crippen molar-refractivity contribution in [3.8, 4) is 0 Å². The van der Waals surface area contributed by atoms with Crippen LogP contribution in [0.2, 0.25) is 0 Å². The van der Waals surface area contributed by atoms with E-state index < -0.39 is 0 Å². The monoisotopic (exact) mass is 468 g/mol. The van der Waals surface area contributed by atoms with E-state index in [1.165, 1.54) is 44.9 Å². The first kappa shape index (κ1) is 31.9. The van der Waals surface area contributed by atoms with Crippen LogP contribution in [0.1, 0.15) is 138 Å². The second-order valence-electron chi connectivity index (χ2n) is 10.7. The fourth-order valence-electron chi connectivity index (χ4n) is 4.28. The summed E-state index contributed by atoms with van der Waals surface area (Å²) in [4.78, 5) is 24.1. The summed E-state index contributed by atoms with van der Waals surface area (Å²) in [6, 6.07) is 0. The fourth-order valence-corrected chi connectivity index (χ4v) is 4.28. The molecule has 0 spiro atoms. The lowest BCUT2D eigenvalue weighted by molar-refractivity contribution is -0.151. The van der Waals surface area contributed by atoms with Crippen LogP contribution >= 0.6 is 0 Å². The van der Waals surface area contributed by atoms with E-state index in [1.54, 1.807) is 0 Å². The zero-order valence-corrected chi connectivity index (χ0v) is 23.0. The van der Waals surface area contributed by atoms with Gasteiger partial charge in [-0.1, -0.05) is 99.3 Å². The second kappa shape index (κ2) is 21.5. The van der Waals surface area contributed by atoms with E-state index in [1.807, 2.05) is 0 Å². The summed E-state index contributed by atoms with van der Waals surface area (Å²) in [5.74, 6) is 1.67. The number of carbonyl (C=O) groups is 2. The van der Waals surface area contributed by atoms with Crippen molar-refractivity contribution in [2.75, 3.05) is 13.2 Å². The minimum absolute atomic E-state index is 0.0221. The standard InChI is InChI=1S/C29H56O4/c1-7-26(27(8-2)29(31)33-23-21-25(5)6)18-16-14-12-10-9-11-13-15-17-19-28(30)32-22-20-24(3)4/h24-27H,7-23H2,1-6H3. The topological polar surface area (TPSA) is 52.6 Å². The van der Waals surface area contributed by atoms with Gasteiger partial charge in [-0.25, -0.2) is 0 Å². The van der Waals surface area contributed by atoms with Gasteiger partial charge in [0.25, 0.3) is 0 Å². The first-order chi connectivity index (χ1) is 15.8. The SMILES string of the molecule is CCC(CCCCCCCCCCCC(=O)OCCC(C)C)C(CC)C(=O)OCCC(C)C. The largest absolute Gasteiger partial charge is 0.466 e. The van der Waals surface area contributed by atoms with Crippen molar-refractivity contribution in [2.24, 2.45) is 23.7 Å². The Labute approximate surface area is 206 Å². The maximum Gasteiger partial charge on any atom is 0.309 e. The highest BCUT2D eigenvalue weighted by molar-refractivity contribution is 5.72. The van der Waals surface area contributed by atoms with Crippen molar-refractivity contribution in [1.29, 1.82) is 0 Å². The van der Waals surface area contributed by atoms with Gasteiger partial charge in [-0.3, -0.25) is 9.59 Å². The van der Waals surface area contributed by atoms with E-state index in [2.05, 4.69) is 41.5 Å². The van der Waals surface area contributed by atoms with Gasteiger partial charge in [0.15, 0.2) is 0 Å². The summed E-state index contributed by atoms with van der Waals surface area (Å²) >= 11 is 0. The Morgan fingerprint density at radius 2 is 1.09 bits per heavy atom. The van der Waals surface area contributed by atoms with Gasteiger partial charge in [0.1, 0.15) is 0 Å². The molecule has 0 aromatic carbocycles. The van der Waals surface area contributed by atoms with E-state index in [-0.39, 0.29) is 17.9 Å². The van der Waals surface area contributed by atoms with Gasteiger partial charge in [-0.2, -0.15) is 0 Å². The Morgan fingerprint density at radius 1 is 0.606 bits per heavy atom. The molecule has 0 saturated heterocycles. The van der Waals surface area contributed by atoms with Crippen LogP contribution < -0.4 is 0 Å². The normalized spacial score (nSPS) is 13.3. The van der Waals surface area contributed by atoms with Crippen LogP contribution in [0.4, 0.5) is 0 Å². The van der Waals surface area contributed by atoms with Crippen molar-refractivity contribution >= 4 is 11.9 Å². The van der Waals surface area contributed by atoms with E-state index in [0.717, 1.165) is 44.9 Å². The third-order valence-corrected chi connectivity index (χ3v) is 6.69. The fraction of sp³-hybridized carbons (Fsp3) is 0.931. The van der Waals surface area contributed by atoms with Gasteiger partial charge in [-0.15, -0.1) is 0 Å². The number of carbonyl (C=O) groups excluding carboxylic acids is 2. The zero-order chi connectivity index (χ0) is 24.9. The molecule has 0 aromatic rings. The lowest BCUT2D eigenvalue weighted by Crippen LogP contribution is -2.26. The van der Waals surface area contributed by atoms with Crippen molar-refractivity contribution in [2.45, 2.75) is 138 Å². The highest BCUT2D eigenvalue weighted by Gasteiger charge is 2.26. The highest BCUT2D eigenvalue weighted by Crippen LogP contribution is 2.27. The first-order valence-corrected chi connectivity index (χ1v) is 14.1. The predicted molar refractivity (Wildman–Crippen MR) is 139 cm³/mol. The first-order valence-electron chi connectivity index (χ1n) is 14.1. The van der Waals surface area contributed by atoms with Gasteiger partial charge < -0.3 is 9.47 Å². The van der Waals surface area contributed by atoms with Crippen LogP contribution in [0, 0.1) is 23.7 Å². The molecule has 196 valence electrons. The smallest absolute Gasteiger partial charge is 0.309 e. The molecule has 0 bridgehead atoms. The van der Waals surface area contributed by atoms with Gasteiger partial charge in [0.05, 0.1) is 19.1 Å². The van der Waals surface area contributed by atoms with Crippen LogP contribution in [-0.4, -0.2) is 25.2 Å². The highest BCUT2D eigenvalue weighted by atomic mass is 16.5. The summed E-state index contributed by atoms with van der Waals surface area (Å²) in [7, 11) is 0. The molecule has 0 radical (unpaired) electrons. The maximum absolute atomic E-state index is 12.5. The molecule has 0 aromatic heterocycles. The summed E-state index contributed by atoms with van der Waals surface area (Å²) in [5.41, 5.74) is 0. The average Bonchev–Trinajstić information content (AvgIpc) is 2.76. The van der Waals surface area contributed by atoms with E-state index >= 15 is 0 Å². The molecule has 4 nitrogen and oxygen atoms in total. The minimum Gasteiger partial charge on any atom is -0.466 e. The van der Waals surface area contributed by atoms with Crippen LogP contribution in [0.25, 0.3) is 0 Å². The third-order valence-electron chi connectivity index (χ3n) is 6.69. The predicted octanol–water partition coefficient (Wildman–Crippen LogP) is 8.51. The molecule has 2 unspecified atom stereocenters. The summed E-state index contributed by atoms with van der Waals surface area (Å²) < 4.78 is 10.8. The van der Waals surface area contributed by atoms with Gasteiger partial charge in [-0.05, 0) is 49.9 Å². The Balaban J connectivity index is 3.73. The molecule has 0 rings (SSSR count). The molecule has 0 amide bonds. The zero-order valence-electron chi connectivity index (χ0n) is 23.0. The van der Waals surface area contributed by atoms with Crippen LogP contribution in [-0.2, 0) is 19.1 Å². The number of esters is 2. The summed E-state index contributed by atoms with van der Waals surface area (Å²) in [6.45, 7) is 14.1. The number of unbranched alkanes of at least 4 members (excludes halogenated alkanes) is 8. The Kier molecular flexibility index (Phi) is 20.8. The molecular weight excluding hydrogens is 412 g/mol. The number of hydrogen-bond donors (Lipinski definition) is 0. The molecule has 2 atom stereocenters. The maximum atomic E-state index is 12.5. The second-order valence-corrected chi connectivity index (χ2v) is 10.7. The lowest BCUT2D eigenvalue weighted by atomic mass is 9.84. The molecule has 0 fully saturated rings. The number of ether oxygens (including phenoxy) is 2. The Hall–Kier alpha value is -1.06. The molecule has 0 heterocycles. The molecule has 33 heavy (non-hydrogen) atoms. The third kappa shape index (κ3) is 19.0. The quantitative estimate of drug-likeness (QED) is 0.118. The number of hydrogen-bond acceptors (Lipinski definition) is 4. The molecule has 0 aliphatic carbocycles. The van der Waals surface area contributed by atoms with Gasteiger partial charge in [0.2, 0.25) is 0 Å². The van der Waals surface area contributed by atoms with Crippen LogP contribution in [0.5, 0.6) is 0 Å². The van der Waals surface area contributed by atoms with Crippen molar-refractivity contribution in [1.82, 2.24) is 0 Å². The molecule has 4 heteroatoms. The molecular formula is C29H56O4. The van der Waals surface area contributed by atoms with Crippen LogP contribution in [0.3, 0.4) is 0 Å². The average molecular weight is 469 g/mol. The molecule has 0 N–H and O–H groups in total. The van der Waals surface area contributed by atoms with Gasteiger partial charge in [0, 0.05) is 6.42 Å². The van der Waals surface area contributed by atoms with Crippen molar-refractivity contribution in [3.05, 3.63) is 0 Å². The summed E-state index contributed by atoms with van der Waals surface area (Å²) in [6.07, 6.45) is 16.5. The molecule has 0 saturated carbocycles.